The van der Waals surface area contributed by atoms with Gasteiger partial charge in [-0.3, -0.25) is 9.59 Å². The minimum absolute atomic E-state index is 0.130. The van der Waals surface area contributed by atoms with Gasteiger partial charge in [0.15, 0.2) is 11.5 Å². The number of furan rings is 1. The summed E-state index contributed by atoms with van der Waals surface area (Å²) in [7, 11) is 0. The molecule has 2 aromatic carbocycles. The second kappa shape index (κ2) is 7.54. The molecule has 0 saturated carbocycles. The third-order valence-corrected chi connectivity index (χ3v) is 4.94. The monoisotopic (exact) mass is 393 g/mol. The van der Waals surface area contributed by atoms with Crippen molar-refractivity contribution in [3.05, 3.63) is 77.0 Å². The first-order chi connectivity index (χ1) is 13.9. The highest BCUT2D eigenvalue weighted by Crippen LogP contribution is 2.41. The lowest BCUT2D eigenvalue weighted by Crippen LogP contribution is -2.34. The number of fused-ring (bicyclic) bond motifs is 1. The normalized spacial score (nSPS) is 14.9. The van der Waals surface area contributed by atoms with Crippen LogP contribution in [0, 0.1) is 12.7 Å². The molecule has 2 heterocycles. The smallest absolute Gasteiger partial charge is 0.287 e. The molecule has 0 fully saturated rings. The average molecular weight is 393 g/mol. The van der Waals surface area contributed by atoms with Crippen LogP contribution >= 0.6 is 0 Å². The van der Waals surface area contributed by atoms with Crippen LogP contribution in [0.15, 0.2) is 53.1 Å². The number of aryl methyl sites for hydroxylation is 1. The van der Waals surface area contributed by atoms with E-state index in [1.807, 2.05) is 19.1 Å². The molecule has 1 aromatic heterocycles. The van der Waals surface area contributed by atoms with Crippen LogP contribution in [0.25, 0.3) is 11.1 Å². The van der Waals surface area contributed by atoms with Gasteiger partial charge in [-0.25, -0.2) is 4.39 Å². The fourth-order valence-corrected chi connectivity index (χ4v) is 3.56. The van der Waals surface area contributed by atoms with Gasteiger partial charge in [0, 0.05) is 23.1 Å². The van der Waals surface area contributed by atoms with E-state index < -0.39 is 5.82 Å². The Balaban J connectivity index is 1.59. The van der Waals surface area contributed by atoms with E-state index >= 15 is 0 Å². The molecule has 1 aliphatic heterocycles. The number of hydrogen-bond donors (Lipinski definition) is 1. The van der Waals surface area contributed by atoms with Crippen molar-refractivity contribution < 1.29 is 23.1 Å². The Morgan fingerprint density at radius 2 is 2.00 bits per heavy atom. The summed E-state index contributed by atoms with van der Waals surface area (Å²) in [5, 5.41) is 2.79. The first-order valence-electron chi connectivity index (χ1n) is 9.35. The van der Waals surface area contributed by atoms with Gasteiger partial charge in [-0.15, -0.1) is 0 Å². The molecular formula is C23H20FNO4. The molecule has 6 heteroatoms. The Bertz CT molecular complexity index is 1090. The van der Waals surface area contributed by atoms with Gasteiger partial charge in [0.25, 0.3) is 5.91 Å². The van der Waals surface area contributed by atoms with E-state index in [9.17, 15) is 14.0 Å². The van der Waals surface area contributed by atoms with Crippen LogP contribution in [0.5, 0.6) is 5.75 Å². The van der Waals surface area contributed by atoms with Crippen LogP contribution in [0.2, 0.25) is 0 Å². The Hall–Kier alpha value is -3.41. The highest BCUT2D eigenvalue weighted by Gasteiger charge is 2.28. The maximum absolute atomic E-state index is 14.6. The van der Waals surface area contributed by atoms with E-state index in [2.05, 4.69) is 5.32 Å². The molecule has 1 amide bonds. The van der Waals surface area contributed by atoms with E-state index in [1.165, 1.54) is 25.3 Å². The van der Waals surface area contributed by atoms with Gasteiger partial charge in [0.05, 0.1) is 12.8 Å². The second-order valence-electron chi connectivity index (χ2n) is 7.18. The van der Waals surface area contributed by atoms with E-state index in [1.54, 1.807) is 18.2 Å². The van der Waals surface area contributed by atoms with Gasteiger partial charge in [0.2, 0.25) is 0 Å². The summed E-state index contributed by atoms with van der Waals surface area (Å²) in [4.78, 5) is 23.8. The van der Waals surface area contributed by atoms with Crippen molar-refractivity contribution in [2.24, 2.45) is 0 Å². The lowest BCUT2D eigenvalue weighted by molar-refractivity contribution is 0.0905. The van der Waals surface area contributed by atoms with Crippen LogP contribution in [0.1, 0.15) is 39.0 Å². The number of Topliss-reactive ketones (excluding diaryl/α,β-unsaturated/α-hetero) is 1. The molecule has 1 atom stereocenters. The standard InChI is InChI=1S/C23H20FNO4/c1-13-8-16-10-17(12-25-23(27)21-4-3-7-28-21)29-22(16)19(9-13)18-11-15(14(2)26)5-6-20(18)24/h3-9,11,17H,10,12H2,1-2H3,(H,25,27)/t17-/m0/s1. The quantitative estimate of drug-likeness (QED) is 0.655. The summed E-state index contributed by atoms with van der Waals surface area (Å²) in [5.74, 6) is -0.0327. The highest BCUT2D eigenvalue weighted by molar-refractivity contribution is 5.95. The molecule has 0 saturated heterocycles. The first kappa shape index (κ1) is 18.9. The predicted octanol–water partition coefficient (Wildman–Crippen LogP) is 4.33. The van der Waals surface area contributed by atoms with Crippen molar-refractivity contribution in [3.63, 3.8) is 0 Å². The minimum atomic E-state index is -0.416. The summed E-state index contributed by atoms with van der Waals surface area (Å²) in [6.45, 7) is 3.68. The number of carbonyl (C=O) groups is 2. The number of halogens is 1. The molecule has 0 unspecified atom stereocenters. The van der Waals surface area contributed by atoms with Crippen LogP contribution in [0.4, 0.5) is 4.39 Å². The largest absolute Gasteiger partial charge is 0.487 e. The Morgan fingerprint density at radius 3 is 2.72 bits per heavy atom. The van der Waals surface area contributed by atoms with E-state index in [0.717, 1.165) is 11.1 Å². The number of nitrogens with one attached hydrogen (secondary N) is 1. The summed E-state index contributed by atoms with van der Waals surface area (Å²) < 4.78 is 25.8. The summed E-state index contributed by atoms with van der Waals surface area (Å²) in [6.07, 6.45) is 1.76. The number of hydrogen-bond acceptors (Lipinski definition) is 4. The molecule has 148 valence electrons. The molecule has 4 rings (SSSR count). The predicted molar refractivity (Wildman–Crippen MR) is 106 cm³/mol. The average Bonchev–Trinajstić information content (AvgIpc) is 3.35. The summed E-state index contributed by atoms with van der Waals surface area (Å²) in [6, 6.07) is 11.4. The third kappa shape index (κ3) is 3.78. The number of benzene rings is 2. The van der Waals surface area contributed by atoms with E-state index in [4.69, 9.17) is 9.15 Å². The summed E-state index contributed by atoms with van der Waals surface area (Å²) >= 11 is 0. The maximum Gasteiger partial charge on any atom is 0.287 e. The minimum Gasteiger partial charge on any atom is -0.487 e. The van der Waals surface area contributed by atoms with E-state index in [0.29, 0.717) is 35.4 Å². The van der Waals surface area contributed by atoms with E-state index in [-0.39, 0.29) is 23.6 Å². The van der Waals surface area contributed by atoms with Crippen LogP contribution in [0.3, 0.4) is 0 Å². The van der Waals surface area contributed by atoms with Gasteiger partial charge in [0.1, 0.15) is 17.7 Å². The van der Waals surface area contributed by atoms with Crippen molar-refractivity contribution in [3.8, 4) is 16.9 Å². The third-order valence-electron chi connectivity index (χ3n) is 4.94. The fourth-order valence-electron chi connectivity index (χ4n) is 3.56. The molecule has 1 aliphatic rings. The lowest BCUT2D eigenvalue weighted by Gasteiger charge is -2.14. The molecule has 0 bridgehead atoms. The molecule has 5 nitrogen and oxygen atoms in total. The molecule has 3 aromatic rings. The maximum atomic E-state index is 14.6. The molecule has 0 radical (unpaired) electrons. The zero-order valence-electron chi connectivity index (χ0n) is 16.1. The number of carbonyl (C=O) groups excluding carboxylic acids is 2. The Morgan fingerprint density at radius 1 is 1.17 bits per heavy atom. The van der Waals surface area contributed by atoms with Gasteiger partial charge >= 0.3 is 0 Å². The Labute approximate surface area is 167 Å². The van der Waals surface area contributed by atoms with Crippen LogP contribution in [-0.4, -0.2) is 24.3 Å². The zero-order valence-corrected chi connectivity index (χ0v) is 16.1. The lowest BCUT2D eigenvalue weighted by atomic mass is 9.95. The highest BCUT2D eigenvalue weighted by atomic mass is 19.1. The topological polar surface area (TPSA) is 68.5 Å². The van der Waals surface area contributed by atoms with Crippen molar-refractivity contribution in [1.82, 2.24) is 5.32 Å². The van der Waals surface area contributed by atoms with Crippen LogP contribution in [-0.2, 0) is 6.42 Å². The second-order valence-corrected chi connectivity index (χ2v) is 7.18. The summed E-state index contributed by atoms with van der Waals surface area (Å²) in [5.41, 5.74) is 3.30. The number of ketones is 1. The van der Waals surface area contributed by atoms with Gasteiger partial charge in [-0.05, 0) is 61.4 Å². The molecule has 0 spiro atoms. The molecular weight excluding hydrogens is 373 g/mol. The van der Waals surface area contributed by atoms with Crippen molar-refractivity contribution in [2.45, 2.75) is 26.4 Å². The zero-order chi connectivity index (χ0) is 20.5. The van der Waals surface area contributed by atoms with Gasteiger partial charge in [-0.2, -0.15) is 0 Å². The molecule has 1 N–H and O–H groups in total. The number of ether oxygens (including phenoxy) is 1. The SMILES string of the molecule is CC(=O)c1ccc(F)c(-c2cc(C)cc3c2O[C@H](CNC(=O)c2ccco2)C3)c1. The van der Waals surface area contributed by atoms with Gasteiger partial charge in [-0.1, -0.05) is 6.07 Å². The molecule has 0 aliphatic carbocycles. The number of rotatable bonds is 5. The molecule has 29 heavy (non-hydrogen) atoms. The van der Waals surface area contributed by atoms with Crippen molar-refractivity contribution in [1.29, 1.82) is 0 Å². The Kier molecular flexibility index (Phi) is 4.92. The first-order valence-corrected chi connectivity index (χ1v) is 9.35. The van der Waals surface area contributed by atoms with Crippen molar-refractivity contribution in [2.75, 3.05) is 6.54 Å². The fraction of sp³-hybridized carbons (Fsp3) is 0.217. The van der Waals surface area contributed by atoms with Gasteiger partial charge < -0.3 is 14.5 Å². The van der Waals surface area contributed by atoms with Crippen molar-refractivity contribution >= 4 is 11.7 Å². The van der Waals surface area contributed by atoms with Crippen LogP contribution < -0.4 is 10.1 Å². The number of amides is 1.